The van der Waals surface area contributed by atoms with Gasteiger partial charge in [-0.2, -0.15) is 0 Å². The van der Waals surface area contributed by atoms with Gasteiger partial charge in [-0.05, 0) is 124 Å². The van der Waals surface area contributed by atoms with Crippen LogP contribution in [0.25, 0.3) is 0 Å². The molecule has 0 fully saturated rings. The van der Waals surface area contributed by atoms with Gasteiger partial charge < -0.3 is 52.5 Å². The molecule has 0 amide bonds. The standard InChI is InChI=1S/C57H52O15/c1-63-54(59)44-13-5-37(6-14-44)31-67-50-23-42(24-51(28-50)68-32-38-7-15-45(16-8-38)55(60)64-2)35-71-48-21-41(30-58)22-49(27-48)72-36-43-25-52(69-33-39-9-17-46(18-10-39)56(61)65-3)29-53(26-43)70-34-40-11-19-47(20-12-40)57(62)66-4/h5-29,58H,30-36H2,1-4H3. The number of aliphatic hydroxyl groups excluding tert-OH is 1. The predicted molar refractivity (Wildman–Crippen MR) is 262 cm³/mol. The molecule has 0 heterocycles. The third-order valence-electron chi connectivity index (χ3n) is 10.9. The van der Waals surface area contributed by atoms with Crippen molar-refractivity contribution in [2.24, 2.45) is 0 Å². The number of carbonyl (C=O) groups is 4. The predicted octanol–water partition coefficient (Wildman–Crippen LogP) is 9.80. The third kappa shape index (κ3) is 14.6. The molecule has 0 aliphatic carbocycles. The van der Waals surface area contributed by atoms with Crippen LogP contribution >= 0.6 is 0 Å². The number of ether oxygens (including phenoxy) is 10. The SMILES string of the molecule is COC(=O)c1ccc(COc2cc(COc3cc(CO)cc(OCc4cc(OCc5ccc(C(=O)OC)cc5)cc(OCc5ccc(C(=O)OC)cc5)c4)c3)cc(OCc3ccc(C(=O)OC)cc3)c2)cc1. The highest BCUT2D eigenvalue weighted by Crippen LogP contribution is 2.30. The molecule has 0 aromatic heterocycles. The first-order chi connectivity index (χ1) is 35.0. The molecule has 7 aromatic carbocycles. The van der Waals surface area contributed by atoms with E-state index in [1.165, 1.54) is 28.4 Å². The van der Waals surface area contributed by atoms with E-state index in [2.05, 4.69) is 0 Å². The van der Waals surface area contributed by atoms with Gasteiger partial charge >= 0.3 is 23.9 Å². The van der Waals surface area contributed by atoms with Gasteiger partial charge in [-0.1, -0.05) is 48.5 Å². The minimum atomic E-state index is -0.436. The Morgan fingerprint density at radius 2 is 0.486 bits per heavy atom. The monoisotopic (exact) mass is 976 g/mol. The van der Waals surface area contributed by atoms with Gasteiger partial charge in [0.25, 0.3) is 0 Å². The maximum absolute atomic E-state index is 12.0. The van der Waals surface area contributed by atoms with Crippen LogP contribution < -0.4 is 28.4 Å². The molecular formula is C57H52O15. The molecule has 7 rings (SSSR count). The van der Waals surface area contributed by atoms with Crippen LogP contribution in [-0.2, 0) is 65.2 Å². The molecule has 0 atom stereocenters. The second-order valence-electron chi connectivity index (χ2n) is 16.1. The first-order valence-corrected chi connectivity index (χ1v) is 22.5. The quantitative estimate of drug-likeness (QED) is 0.0472. The van der Waals surface area contributed by atoms with E-state index in [0.29, 0.717) is 73.4 Å². The summed E-state index contributed by atoms with van der Waals surface area (Å²) in [5.74, 6) is 1.12. The average Bonchev–Trinajstić information content (AvgIpc) is 3.43. The zero-order chi connectivity index (χ0) is 50.8. The van der Waals surface area contributed by atoms with Crippen LogP contribution in [0.15, 0.2) is 152 Å². The molecule has 0 spiro atoms. The van der Waals surface area contributed by atoms with Crippen LogP contribution in [0.5, 0.6) is 34.5 Å². The van der Waals surface area contributed by atoms with Crippen molar-refractivity contribution in [2.45, 2.75) is 46.2 Å². The molecule has 370 valence electrons. The van der Waals surface area contributed by atoms with Crippen molar-refractivity contribution in [1.82, 2.24) is 0 Å². The lowest BCUT2D eigenvalue weighted by atomic mass is 10.1. The smallest absolute Gasteiger partial charge is 0.337 e. The molecule has 0 radical (unpaired) electrons. The van der Waals surface area contributed by atoms with Crippen LogP contribution in [0.3, 0.4) is 0 Å². The van der Waals surface area contributed by atoms with Gasteiger partial charge in [0.1, 0.15) is 74.1 Å². The summed E-state index contributed by atoms with van der Waals surface area (Å²) in [6.07, 6.45) is 0. The van der Waals surface area contributed by atoms with Crippen molar-refractivity contribution < 1.29 is 71.7 Å². The molecule has 0 aliphatic rings. The molecule has 15 nitrogen and oxygen atoms in total. The fourth-order valence-electron chi connectivity index (χ4n) is 7.07. The Labute approximate surface area is 416 Å². The Morgan fingerprint density at radius 1 is 0.292 bits per heavy atom. The van der Waals surface area contributed by atoms with Crippen LogP contribution in [-0.4, -0.2) is 57.4 Å². The van der Waals surface area contributed by atoms with Gasteiger partial charge in [0, 0.05) is 18.2 Å². The highest BCUT2D eigenvalue weighted by atomic mass is 16.5. The highest BCUT2D eigenvalue weighted by Gasteiger charge is 2.13. The van der Waals surface area contributed by atoms with Gasteiger partial charge in [-0.3, -0.25) is 0 Å². The Morgan fingerprint density at radius 3 is 0.681 bits per heavy atom. The fraction of sp³-hybridized carbons (Fsp3) is 0.193. The van der Waals surface area contributed by atoms with Crippen molar-refractivity contribution in [2.75, 3.05) is 28.4 Å². The summed E-state index contributed by atoms with van der Waals surface area (Å²) in [5.41, 5.74) is 6.95. The minimum Gasteiger partial charge on any atom is -0.489 e. The van der Waals surface area contributed by atoms with Crippen molar-refractivity contribution in [3.63, 3.8) is 0 Å². The Balaban J connectivity index is 1.06. The maximum Gasteiger partial charge on any atom is 0.337 e. The number of benzene rings is 7. The largest absolute Gasteiger partial charge is 0.489 e. The van der Waals surface area contributed by atoms with Crippen LogP contribution in [0.2, 0.25) is 0 Å². The number of methoxy groups -OCH3 is 4. The zero-order valence-electron chi connectivity index (χ0n) is 40.0. The number of hydrogen-bond donors (Lipinski definition) is 1. The van der Waals surface area contributed by atoms with Crippen molar-refractivity contribution in [3.05, 3.63) is 213 Å². The molecule has 0 saturated heterocycles. The van der Waals surface area contributed by atoms with Gasteiger partial charge in [0.15, 0.2) is 0 Å². The third-order valence-corrected chi connectivity index (χ3v) is 10.9. The molecule has 0 bridgehead atoms. The molecule has 72 heavy (non-hydrogen) atoms. The molecular weight excluding hydrogens is 925 g/mol. The van der Waals surface area contributed by atoms with E-state index in [0.717, 1.165) is 22.3 Å². The van der Waals surface area contributed by atoms with Crippen LogP contribution in [0.4, 0.5) is 0 Å². The summed E-state index contributed by atoms with van der Waals surface area (Å²) >= 11 is 0. The second-order valence-corrected chi connectivity index (χ2v) is 16.1. The normalized spacial score (nSPS) is 10.6. The average molecular weight is 977 g/mol. The van der Waals surface area contributed by atoms with Crippen LogP contribution in [0.1, 0.15) is 80.4 Å². The summed E-state index contributed by atoms with van der Waals surface area (Å²) in [7, 11) is 5.31. The molecule has 0 saturated carbocycles. The Hall–Kier alpha value is -8.82. The molecule has 15 heteroatoms. The Kier molecular flexibility index (Phi) is 17.8. The molecule has 0 unspecified atom stereocenters. The van der Waals surface area contributed by atoms with E-state index < -0.39 is 23.9 Å². The Bertz CT molecular complexity index is 2590. The van der Waals surface area contributed by atoms with Crippen molar-refractivity contribution in [1.29, 1.82) is 0 Å². The van der Waals surface area contributed by atoms with Gasteiger partial charge in [-0.25, -0.2) is 19.2 Å². The van der Waals surface area contributed by atoms with Crippen molar-refractivity contribution in [3.8, 4) is 34.5 Å². The number of rotatable bonds is 23. The lowest BCUT2D eigenvalue weighted by Gasteiger charge is -2.16. The van der Waals surface area contributed by atoms with Crippen molar-refractivity contribution >= 4 is 23.9 Å². The lowest BCUT2D eigenvalue weighted by Crippen LogP contribution is -2.04. The zero-order valence-corrected chi connectivity index (χ0v) is 40.0. The minimum absolute atomic E-state index is 0.0838. The summed E-state index contributed by atoms with van der Waals surface area (Å²) in [6, 6.07) is 43.6. The second kappa shape index (κ2) is 25.2. The van der Waals surface area contributed by atoms with Crippen LogP contribution in [0, 0.1) is 0 Å². The summed E-state index contributed by atoms with van der Waals surface area (Å²) in [6.45, 7) is 0.669. The lowest BCUT2D eigenvalue weighted by molar-refractivity contribution is 0.0592. The first-order valence-electron chi connectivity index (χ1n) is 22.5. The number of esters is 4. The molecule has 7 aromatic rings. The summed E-state index contributed by atoms with van der Waals surface area (Å²) in [5, 5.41) is 10.3. The number of hydrogen-bond acceptors (Lipinski definition) is 15. The number of carbonyl (C=O) groups excluding carboxylic acids is 4. The van der Waals surface area contributed by atoms with Gasteiger partial charge in [0.2, 0.25) is 0 Å². The summed E-state index contributed by atoms with van der Waals surface area (Å²) in [4.78, 5) is 47.8. The van der Waals surface area contributed by atoms with E-state index in [-0.39, 0.29) is 46.2 Å². The highest BCUT2D eigenvalue weighted by molar-refractivity contribution is 5.90. The molecule has 1 N–H and O–H groups in total. The maximum atomic E-state index is 12.0. The fourth-order valence-corrected chi connectivity index (χ4v) is 7.07. The van der Waals surface area contributed by atoms with E-state index in [9.17, 15) is 24.3 Å². The van der Waals surface area contributed by atoms with Gasteiger partial charge in [0.05, 0.1) is 57.3 Å². The van der Waals surface area contributed by atoms with Gasteiger partial charge in [-0.15, -0.1) is 0 Å². The summed E-state index contributed by atoms with van der Waals surface area (Å²) < 4.78 is 56.7. The van der Waals surface area contributed by atoms with E-state index in [1.807, 2.05) is 24.3 Å². The number of aliphatic hydroxyl groups is 1. The molecule has 0 aliphatic heterocycles. The van der Waals surface area contributed by atoms with E-state index in [4.69, 9.17) is 47.4 Å². The van der Waals surface area contributed by atoms with E-state index >= 15 is 0 Å². The van der Waals surface area contributed by atoms with E-state index in [1.54, 1.807) is 127 Å². The topological polar surface area (TPSA) is 181 Å². The first kappa shape index (κ1) is 51.0.